The molecule has 0 atom stereocenters. The van der Waals surface area contributed by atoms with Crippen LogP contribution in [0.5, 0.6) is 0 Å². The standard InChI is InChI=1S/C46H33N3/c47-38-30-31-44(46(34-19-5-2-6-20-34)45(38)33-17-3-1-4-18-33)49(39-29-15-21-32-16-7-8-22-35(32)39)43-28-14-13-27-42(43)48-40-25-11-9-23-36(40)37-24-10-12-26-41(37)48/h1-31H,47H2. The third kappa shape index (κ3) is 4.75. The van der Waals surface area contributed by atoms with Crippen molar-refractivity contribution >= 4 is 55.3 Å². The molecule has 1 aromatic heterocycles. The largest absolute Gasteiger partial charge is 0.398 e. The van der Waals surface area contributed by atoms with Gasteiger partial charge in [-0.25, -0.2) is 0 Å². The lowest BCUT2D eigenvalue weighted by Gasteiger charge is -2.32. The topological polar surface area (TPSA) is 34.2 Å². The minimum absolute atomic E-state index is 0.738. The van der Waals surface area contributed by atoms with Gasteiger partial charge in [-0.3, -0.25) is 0 Å². The van der Waals surface area contributed by atoms with Crippen LogP contribution in [0.25, 0.3) is 60.5 Å². The van der Waals surface area contributed by atoms with Gasteiger partial charge < -0.3 is 15.2 Å². The normalized spacial score (nSPS) is 11.3. The second kappa shape index (κ2) is 11.9. The van der Waals surface area contributed by atoms with E-state index < -0.39 is 0 Å². The van der Waals surface area contributed by atoms with Crippen LogP contribution in [0.4, 0.5) is 22.7 Å². The van der Waals surface area contributed by atoms with Gasteiger partial charge in [-0.1, -0.05) is 146 Å². The number of nitrogens with two attached hydrogens (primary N) is 1. The SMILES string of the molecule is Nc1ccc(N(c2ccccc2-n2c3ccccc3c3ccccc32)c2cccc3ccccc23)c(-c2ccccc2)c1-c1ccccc1. The van der Waals surface area contributed by atoms with Gasteiger partial charge in [0.2, 0.25) is 0 Å². The van der Waals surface area contributed by atoms with Crippen molar-refractivity contribution in [2.24, 2.45) is 0 Å². The summed E-state index contributed by atoms with van der Waals surface area (Å²) in [4.78, 5) is 2.44. The fourth-order valence-corrected chi connectivity index (χ4v) is 7.42. The van der Waals surface area contributed by atoms with Crippen LogP contribution in [0.2, 0.25) is 0 Å². The Morgan fingerprint density at radius 3 is 1.57 bits per heavy atom. The molecule has 0 saturated heterocycles. The summed E-state index contributed by atoms with van der Waals surface area (Å²) in [6.45, 7) is 0. The van der Waals surface area contributed by atoms with Crippen LogP contribution in [0.3, 0.4) is 0 Å². The maximum absolute atomic E-state index is 6.94. The van der Waals surface area contributed by atoms with Crippen molar-refractivity contribution in [2.75, 3.05) is 10.6 Å². The van der Waals surface area contributed by atoms with Crippen molar-refractivity contribution in [3.8, 4) is 27.9 Å². The predicted octanol–water partition coefficient (Wildman–Crippen LogP) is 12.3. The fourth-order valence-electron chi connectivity index (χ4n) is 7.42. The molecule has 9 rings (SSSR count). The van der Waals surface area contributed by atoms with E-state index in [1.807, 2.05) is 0 Å². The second-order valence-electron chi connectivity index (χ2n) is 12.3. The van der Waals surface area contributed by atoms with Crippen LogP contribution in [0.1, 0.15) is 0 Å². The Labute approximate surface area is 285 Å². The molecule has 1 heterocycles. The Kier molecular flexibility index (Phi) is 6.95. The summed E-state index contributed by atoms with van der Waals surface area (Å²) in [6.07, 6.45) is 0. The van der Waals surface area contributed by atoms with Gasteiger partial charge in [0.05, 0.1) is 33.8 Å². The smallest absolute Gasteiger partial charge is 0.0702 e. The zero-order chi connectivity index (χ0) is 32.7. The second-order valence-corrected chi connectivity index (χ2v) is 12.3. The molecule has 9 aromatic rings. The van der Waals surface area contributed by atoms with Crippen molar-refractivity contribution < 1.29 is 0 Å². The van der Waals surface area contributed by atoms with E-state index in [2.05, 4.69) is 198 Å². The average Bonchev–Trinajstić information content (AvgIpc) is 3.50. The van der Waals surface area contributed by atoms with Crippen LogP contribution < -0.4 is 10.6 Å². The first-order chi connectivity index (χ1) is 24.3. The highest BCUT2D eigenvalue weighted by molar-refractivity contribution is 6.11. The third-order valence-electron chi connectivity index (χ3n) is 9.53. The number of nitrogens with zero attached hydrogens (tertiary/aromatic N) is 2. The molecule has 0 aliphatic carbocycles. The summed E-state index contributed by atoms with van der Waals surface area (Å²) in [5.41, 5.74) is 18.6. The number of rotatable bonds is 6. The molecule has 0 bridgehead atoms. The Balaban J connectivity index is 1.43. The Morgan fingerprint density at radius 2 is 0.878 bits per heavy atom. The number of hydrogen-bond acceptors (Lipinski definition) is 2. The first kappa shape index (κ1) is 28.6. The zero-order valence-electron chi connectivity index (χ0n) is 26.9. The molecule has 2 N–H and O–H groups in total. The van der Waals surface area contributed by atoms with E-state index in [0.717, 1.165) is 50.7 Å². The monoisotopic (exact) mass is 627 g/mol. The molecule has 8 aromatic carbocycles. The lowest BCUT2D eigenvalue weighted by atomic mass is 9.90. The predicted molar refractivity (Wildman–Crippen MR) is 208 cm³/mol. The number of anilines is 4. The van der Waals surface area contributed by atoms with Gasteiger partial charge in [-0.15, -0.1) is 0 Å². The van der Waals surface area contributed by atoms with Crippen molar-refractivity contribution in [1.82, 2.24) is 4.57 Å². The van der Waals surface area contributed by atoms with Gasteiger partial charge in [0, 0.05) is 33.0 Å². The highest BCUT2D eigenvalue weighted by Crippen LogP contribution is 2.50. The number of benzene rings is 8. The average molecular weight is 628 g/mol. The highest BCUT2D eigenvalue weighted by atomic mass is 15.2. The number of para-hydroxylation sites is 4. The molecule has 3 nitrogen and oxygen atoms in total. The van der Waals surface area contributed by atoms with E-state index >= 15 is 0 Å². The van der Waals surface area contributed by atoms with Gasteiger partial charge in [0.15, 0.2) is 0 Å². The highest BCUT2D eigenvalue weighted by Gasteiger charge is 2.26. The summed E-state index contributed by atoms with van der Waals surface area (Å²) >= 11 is 0. The van der Waals surface area contributed by atoms with E-state index in [0.29, 0.717) is 0 Å². The van der Waals surface area contributed by atoms with Crippen LogP contribution in [0, 0.1) is 0 Å². The lowest BCUT2D eigenvalue weighted by molar-refractivity contribution is 1.15. The maximum Gasteiger partial charge on any atom is 0.0702 e. The van der Waals surface area contributed by atoms with Crippen molar-refractivity contribution in [1.29, 1.82) is 0 Å². The molecule has 0 unspecified atom stereocenters. The third-order valence-corrected chi connectivity index (χ3v) is 9.53. The van der Waals surface area contributed by atoms with E-state index in [1.165, 1.54) is 32.6 Å². The van der Waals surface area contributed by atoms with Crippen molar-refractivity contribution in [3.63, 3.8) is 0 Å². The first-order valence-electron chi connectivity index (χ1n) is 16.7. The van der Waals surface area contributed by atoms with Crippen LogP contribution >= 0.6 is 0 Å². The molecule has 0 saturated carbocycles. The van der Waals surface area contributed by atoms with Gasteiger partial charge >= 0.3 is 0 Å². The zero-order valence-corrected chi connectivity index (χ0v) is 26.9. The molecule has 0 aliphatic heterocycles. The van der Waals surface area contributed by atoms with Gasteiger partial charge in [0.25, 0.3) is 0 Å². The molecular weight excluding hydrogens is 595 g/mol. The molecule has 0 aliphatic rings. The first-order valence-corrected chi connectivity index (χ1v) is 16.7. The molecule has 0 fully saturated rings. The number of nitrogen functional groups attached to an aromatic ring is 1. The molecule has 0 radical (unpaired) electrons. The van der Waals surface area contributed by atoms with Crippen LogP contribution in [-0.4, -0.2) is 4.57 Å². The summed E-state index contributed by atoms with van der Waals surface area (Å²) in [7, 11) is 0. The Morgan fingerprint density at radius 1 is 0.367 bits per heavy atom. The lowest BCUT2D eigenvalue weighted by Crippen LogP contribution is -2.15. The van der Waals surface area contributed by atoms with E-state index in [-0.39, 0.29) is 0 Å². The van der Waals surface area contributed by atoms with Gasteiger partial charge in [-0.2, -0.15) is 0 Å². The van der Waals surface area contributed by atoms with Crippen molar-refractivity contribution in [2.45, 2.75) is 0 Å². The molecule has 3 heteroatoms. The van der Waals surface area contributed by atoms with Gasteiger partial charge in [0.1, 0.15) is 0 Å². The van der Waals surface area contributed by atoms with Crippen LogP contribution in [-0.2, 0) is 0 Å². The van der Waals surface area contributed by atoms with E-state index in [4.69, 9.17) is 5.73 Å². The fraction of sp³-hybridized carbons (Fsp3) is 0. The minimum Gasteiger partial charge on any atom is -0.398 e. The molecule has 0 amide bonds. The summed E-state index contributed by atoms with van der Waals surface area (Å²) < 4.78 is 2.41. The Bertz CT molecular complexity index is 2560. The Hall–Kier alpha value is -6.58. The van der Waals surface area contributed by atoms with E-state index in [1.54, 1.807) is 0 Å². The summed E-state index contributed by atoms with van der Waals surface area (Å²) in [5.74, 6) is 0. The van der Waals surface area contributed by atoms with Crippen LogP contribution in [0.15, 0.2) is 188 Å². The van der Waals surface area contributed by atoms with E-state index in [9.17, 15) is 0 Å². The molecule has 0 spiro atoms. The summed E-state index contributed by atoms with van der Waals surface area (Å²) in [5, 5.41) is 4.81. The quantitative estimate of drug-likeness (QED) is 0.186. The van der Waals surface area contributed by atoms with Gasteiger partial charge in [-0.05, 0) is 59.0 Å². The number of hydrogen-bond donors (Lipinski definition) is 1. The molecule has 232 valence electrons. The molecular formula is C46H33N3. The maximum atomic E-state index is 6.94. The summed E-state index contributed by atoms with van der Waals surface area (Å²) in [6, 6.07) is 66.8. The number of fused-ring (bicyclic) bond motifs is 4. The molecule has 49 heavy (non-hydrogen) atoms. The van der Waals surface area contributed by atoms with Crippen molar-refractivity contribution in [3.05, 3.63) is 188 Å². The minimum atomic E-state index is 0.738. The number of aromatic nitrogens is 1.